The Bertz CT molecular complexity index is 321. The van der Waals surface area contributed by atoms with E-state index in [0.717, 1.165) is 25.8 Å². The van der Waals surface area contributed by atoms with Gasteiger partial charge in [0.25, 0.3) is 0 Å². The minimum Gasteiger partial charge on any atom is -0.481 e. The molecule has 1 amide bonds. The van der Waals surface area contributed by atoms with Crippen molar-refractivity contribution >= 4 is 12.1 Å². The molecular formula is C12H20N2O4. The number of hydrogen-bond acceptors (Lipinski definition) is 4. The normalized spacial score (nSPS) is 28.8. The first kappa shape index (κ1) is 13.1. The quantitative estimate of drug-likeness (QED) is 0.761. The van der Waals surface area contributed by atoms with Gasteiger partial charge in [0.2, 0.25) is 0 Å². The number of nitrogens with one attached hydrogen (secondary N) is 1. The molecule has 0 spiro atoms. The van der Waals surface area contributed by atoms with E-state index in [2.05, 4.69) is 10.2 Å². The summed E-state index contributed by atoms with van der Waals surface area (Å²) in [5.74, 6) is -0.741. The van der Waals surface area contributed by atoms with Gasteiger partial charge in [0, 0.05) is 19.0 Å². The van der Waals surface area contributed by atoms with E-state index in [1.165, 1.54) is 0 Å². The third-order valence-corrected chi connectivity index (χ3v) is 3.63. The number of alkyl carbamates (subject to hydrolysis) is 1. The molecule has 2 fully saturated rings. The van der Waals surface area contributed by atoms with Crippen molar-refractivity contribution in [2.45, 2.75) is 44.2 Å². The van der Waals surface area contributed by atoms with Gasteiger partial charge < -0.3 is 15.2 Å². The van der Waals surface area contributed by atoms with Crippen LogP contribution in [-0.2, 0) is 9.53 Å². The molecule has 0 aliphatic carbocycles. The zero-order valence-electron chi connectivity index (χ0n) is 10.4. The Balaban J connectivity index is 1.83. The predicted molar refractivity (Wildman–Crippen MR) is 64.4 cm³/mol. The zero-order valence-corrected chi connectivity index (χ0v) is 10.4. The van der Waals surface area contributed by atoms with Gasteiger partial charge in [0.15, 0.2) is 0 Å². The Morgan fingerprint density at radius 1 is 1.50 bits per heavy atom. The number of carboxylic acid groups (broad SMARTS) is 1. The number of hydrogen-bond donors (Lipinski definition) is 2. The van der Waals surface area contributed by atoms with Crippen molar-refractivity contribution in [1.82, 2.24) is 10.2 Å². The van der Waals surface area contributed by atoms with Crippen molar-refractivity contribution in [3.8, 4) is 0 Å². The van der Waals surface area contributed by atoms with Crippen LogP contribution in [0.1, 0.15) is 32.1 Å². The van der Waals surface area contributed by atoms with Gasteiger partial charge in [-0.3, -0.25) is 9.69 Å². The van der Waals surface area contributed by atoms with Gasteiger partial charge in [0.1, 0.15) is 6.10 Å². The molecule has 0 bridgehead atoms. The molecule has 102 valence electrons. The van der Waals surface area contributed by atoms with Gasteiger partial charge >= 0.3 is 12.1 Å². The van der Waals surface area contributed by atoms with Crippen molar-refractivity contribution < 1.29 is 19.4 Å². The lowest BCUT2D eigenvalue weighted by atomic mass is 9.97. The summed E-state index contributed by atoms with van der Waals surface area (Å²) >= 11 is 0. The number of ether oxygens (including phenoxy) is 1. The van der Waals surface area contributed by atoms with E-state index in [-0.39, 0.29) is 18.6 Å². The van der Waals surface area contributed by atoms with E-state index in [0.29, 0.717) is 25.6 Å². The van der Waals surface area contributed by atoms with E-state index in [1.807, 2.05) is 0 Å². The Hall–Kier alpha value is -1.30. The molecule has 2 N–H and O–H groups in total. The lowest BCUT2D eigenvalue weighted by Gasteiger charge is -2.36. The summed E-state index contributed by atoms with van der Waals surface area (Å²) in [5.41, 5.74) is 0. The van der Waals surface area contributed by atoms with E-state index < -0.39 is 5.97 Å². The molecule has 2 aliphatic rings. The summed E-state index contributed by atoms with van der Waals surface area (Å²) in [6.07, 6.45) is 3.79. The maximum Gasteiger partial charge on any atom is 0.407 e. The van der Waals surface area contributed by atoms with Crippen LogP contribution in [0.15, 0.2) is 0 Å². The molecule has 0 aromatic carbocycles. The molecule has 2 unspecified atom stereocenters. The number of nitrogens with zero attached hydrogens (tertiary/aromatic N) is 1. The molecule has 2 heterocycles. The molecule has 0 saturated carbocycles. The number of aliphatic carboxylic acids is 1. The highest BCUT2D eigenvalue weighted by Crippen LogP contribution is 2.21. The summed E-state index contributed by atoms with van der Waals surface area (Å²) in [7, 11) is 0. The smallest absolute Gasteiger partial charge is 0.407 e. The molecule has 0 radical (unpaired) electrons. The van der Waals surface area contributed by atoms with Crippen LogP contribution in [-0.4, -0.2) is 53.8 Å². The van der Waals surface area contributed by atoms with Crippen LogP contribution in [0.3, 0.4) is 0 Å². The van der Waals surface area contributed by atoms with E-state index in [1.54, 1.807) is 0 Å². The van der Waals surface area contributed by atoms with Crippen LogP contribution in [0.25, 0.3) is 0 Å². The van der Waals surface area contributed by atoms with Crippen molar-refractivity contribution in [2.24, 2.45) is 0 Å². The summed E-state index contributed by atoms with van der Waals surface area (Å²) in [6.45, 7) is 2.24. The van der Waals surface area contributed by atoms with Crippen LogP contribution in [0.4, 0.5) is 4.79 Å². The summed E-state index contributed by atoms with van der Waals surface area (Å²) < 4.78 is 5.13. The maximum absolute atomic E-state index is 11.0. The summed E-state index contributed by atoms with van der Waals surface area (Å²) in [4.78, 5) is 23.9. The van der Waals surface area contributed by atoms with Crippen LogP contribution < -0.4 is 5.32 Å². The monoisotopic (exact) mass is 256 g/mol. The first-order chi connectivity index (χ1) is 8.65. The van der Waals surface area contributed by atoms with Crippen molar-refractivity contribution in [2.75, 3.05) is 19.6 Å². The van der Waals surface area contributed by atoms with Crippen molar-refractivity contribution in [3.63, 3.8) is 0 Å². The fourth-order valence-electron chi connectivity index (χ4n) is 2.71. The number of carbonyl (C=O) groups is 2. The first-order valence-corrected chi connectivity index (χ1v) is 6.55. The number of carbonyl (C=O) groups excluding carboxylic acids is 1. The molecule has 0 aromatic heterocycles. The average molecular weight is 256 g/mol. The van der Waals surface area contributed by atoms with Gasteiger partial charge in [-0.05, 0) is 25.8 Å². The third kappa shape index (κ3) is 3.60. The highest BCUT2D eigenvalue weighted by Gasteiger charge is 2.29. The second-order valence-electron chi connectivity index (χ2n) is 4.99. The van der Waals surface area contributed by atoms with Gasteiger partial charge in [0.05, 0.1) is 6.54 Å². The molecular weight excluding hydrogens is 236 g/mol. The molecule has 6 nitrogen and oxygen atoms in total. The molecule has 2 aliphatic heterocycles. The number of piperidine rings is 1. The number of rotatable bonds is 5. The molecule has 2 atom stereocenters. The lowest BCUT2D eigenvalue weighted by molar-refractivity contribution is -0.137. The third-order valence-electron chi connectivity index (χ3n) is 3.63. The van der Waals surface area contributed by atoms with Crippen LogP contribution in [0.2, 0.25) is 0 Å². The fraction of sp³-hybridized carbons (Fsp3) is 0.833. The predicted octanol–water partition coefficient (Wildman–Crippen LogP) is 0.814. The number of amides is 1. The SMILES string of the molecule is O=C(O)CCC1CCCCN1CC1CNC(=O)O1. The minimum absolute atomic E-state index is 0.0945. The van der Waals surface area contributed by atoms with Crippen molar-refractivity contribution in [3.05, 3.63) is 0 Å². The minimum atomic E-state index is -0.741. The zero-order chi connectivity index (χ0) is 13.0. The number of likely N-dealkylation sites (tertiary alicyclic amines) is 1. The Labute approximate surface area is 106 Å². The molecule has 18 heavy (non-hydrogen) atoms. The van der Waals surface area contributed by atoms with Gasteiger partial charge in [-0.2, -0.15) is 0 Å². The first-order valence-electron chi connectivity index (χ1n) is 6.55. The highest BCUT2D eigenvalue weighted by molar-refractivity contribution is 5.69. The Morgan fingerprint density at radius 3 is 3.00 bits per heavy atom. The maximum atomic E-state index is 11.0. The van der Waals surface area contributed by atoms with Crippen LogP contribution in [0, 0.1) is 0 Å². The van der Waals surface area contributed by atoms with E-state index >= 15 is 0 Å². The number of cyclic esters (lactones) is 1. The molecule has 6 heteroatoms. The molecule has 2 rings (SSSR count). The van der Waals surface area contributed by atoms with Gasteiger partial charge in [-0.25, -0.2) is 4.79 Å². The van der Waals surface area contributed by atoms with Crippen LogP contribution in [0.5, 0.6) is 0 Å². The van der Waals surface area contributed by atoms with Gasteiger partial charge in [-0.15, -0.1) is 0 Å². The average Bonchev–Trinajstić information content (AvgIpc) is 2.73. The lowest BCUT2D eigenvalue weighted by Crippen LogP contribution is -2.44. The van der Waals surface area contributed by atoms with Crippen LogP contribution >= 0.6 is 0 Å². The molecule has 2 saturated heterocycles. The second-order valence-corrected chi connectivity index (χ2v) is 4.99. The Morgan fingerprint density at radius 2 is 2.33 bits per heavy atom. The topological polar surface area (TPSA) is 78.9 Å². The number of carboxylic acids is 1. The van der Waals surface area contributed by atoms with Crippen molar-refractivity contribution in [1.29, 1.82) is 0 Å². The standard InChI is InChI=1S/C12H20N2O4/c15-11(16)5-4-9-3-1-2-6-14(9)8-10-7-13-12(17)18-10/h9-10H,1-8H2,(H,13,17)(H,15,16). The summed E-state index contributed by atoms with van der Waals surface area (Å²) in [6, 6.07) is 0.314. The fourth-order valence-corrected chi connectivity index (χ4v) is 2.71. The van der Waals surface area contributed by atoms with Gasteiger partial charge in [-0.1, -0.05) is 6.42 Å². The van der Waals surface area contributed by atoms with E-state index in [4.69, 9.17) is 9.84 Å². The highest BCUT2D eigenvalue weighted by atomic mass is 16.6. The van der Waals surface area contributed by atoms with E-state index in [9.17, 15) is 9.59 Å². The molecule has 0 aromatic rings. The largest absolute Gasteiger partial charge is 0.481 e. The Kier molecular flexibility index (Phi) is 4.41. The summed E-state index contributed by atoms with van der Waals surface area (Å²) in [5, 5.41) is 11.4. The second kappa shape index (κ2) is 6.04.